The average Bonchev–Trinajstić information content (AvgIpc) is 2.41. The Balaban J connectivity index is 2.40. The number of nitrogens with one attached hydrogen (secondary N) is 1. The number of carboxylic acids is 1. The van der Waals surface area contributed by atoms with E-state index in [1.165, 1.54) is 18.2 Å². The molecule has 6 nitrogen and oxygen atoms in total. The van der Waals surface area contributed by atoms with Crippen molar-refractivity contribution in [3.63, 3.8) is 0 Å². The molecule has 0 saturated heterocycles. The van der Waals surface area contributed by atoms with Crippen molar-refractivity contribution in [2.75, 3.05) is 5.32 Å². The fourth-order valence-corrected chi connectivity index (χ4v) is 1.81. The molecular weight excluding hydrogens is 260 g/mol. The van der Waals surface area contributed by atoms with Crippen LogP contribution in [0.2, 0.25) is 0 Å². The van der Waals surface area contributed by atoms with E-state index in [1.54, 1.807) is 0 Å². The number of rotatable bonds is 4. The highest BCUT2D eigenvalue weighted by molar-refractivity contribution is 5.93. The van der Waals surface area contributed by atoms with Gasteiger partial charge in [-0.2, -0.15) is 0 Å². The number of aryl methyl sites for hydroxylation is 1. The zero-order chi connectivity index (χ0) is 14.7. The third-order valence-electron chi connectivity index (χ3n) is 2.85. The van der Waals surface area contributed by atoms with Crippen LogP contribution in [-0.2, 0) is 0 Å². The fraction of sp³-hybridized carbons (Fsp3) is 0.0714. The lowest BCUT2D eigenvalue weighted by atomic mass is 10.1. The predicted octanol–water partition coefficient (Wildman–Crippen LogP) is 3.35. The van der Waals surface area contributed by atoms with E-state index in [2.05, 4.69) is 5.32 Å². The maximum Gasteiger partial charge on any atom is 0.342 e. The van der Waals surface area contributed by atoms with Crippen LogP contribution in [0.4, 0.5) is 17.1 Å². The van der Waals surface area contributed by atoms with Gasteiger partial charge in [-0.15, -0.1) is 0 Å². The SMILES string of the molecule is Cc1ccccc1Nc1ccc([N+](=O)[O-])c(C(=O)O)c1. The van der Waals surface area contributed by atoms with E-state index in [1.807, 2.05) is 31.2 Å². The summed E-state index contributed by atoms with van der Waals surface area (Å²) < 4.78 is 0. The molecule has 0 aromatic heterocycles. The van der Waals surface area contributed by atoms with Crippen molar-refractivity contribution in [2.24, 2.45) is 0 Å². The van der Waals surface area contributed by atoms with Crippen molar-refractivity contribution >= 4 is 23.0 Å². The summed E-state index contributed by atoms with van der Waals surface area (Å²) in [6.07, 6.45) is 0. The van der Waals surface area contributed by atoms with E-state index in [4.69, 9.17) is 5.11 Å². The predicted molar refractivity (Wildman–Crippen MR) is 74.5 cm³/mol. The van der Waals surface area contributed by atoms with Gasteiger partial charge in [-0.1, -0.05) is 18.2 Å². The highest BCUT2D eigenvalue weighted by Crippen LogP contribution is 2.26. The lowest BCUT2D eigenvalue weighted by Crippen LogP contribution is -2.04. The van der Waals surface area contributed by atoms with Gasteiger partial charge in [-0.05, 0) is 30.7 Å². The van der Waals surface area contributed by atoms with Gasteiger partial charge >= 0.3 is 5.97 Å². The molecule has 2 N–H and O–H groups in total. The molecule has 2 rings (SSSR count). The van der Waals surface area contributed by atoms with Gasteiger partial charge in [0, 0.05) is 17.4 Å². The number of nitro benzene ring substituents is 1. The van der Waals surface area contributed by atoms with Crippen molar-refractivity contribution in [1.29, 1.82) is 0 Å². The summed E-state index contributed by atoms with van der Waals surface area (Å²) in [7, 11) is 0. The first kappa shape index (κ1) is 13.5. The Bertz CT molecular complexity index is 683. The van der Waals surface area contributed by atoms with Crippen molar-refractivity contribution in [3.8, 4) is 0 Å². The number of benzene rings is 2. The van der Waals surface area contributed by atoms with Crippen molar-refractivity contribution in [1.82, 2.24) is 0 Å². The standard InChI is InChI=1S/C14H12N2O4/c1-9-4-2-3-5-12(9)15-10-6-7-13(16(19)20)11(8-10)14(17)18/h2-8,15H,1H3,(H,17,18). The van der Waals surface area contributed by atoms with E-state index >= 15 is 0 Å². The summed E-state index contributed by atoms with van der Waals surface area (Å²) in [6.45, 7) is 1.91. The average molecular weight is 272 g/mol. The number of hydrogen-bond acceptors (Lipinski definition) is 4. The number of hydrogen-bond donors (Lipinski definition) is 2. The Morgan fingerprint density at radius 2 is 1.95 bits per heavy atom. The molecule has 0 unspecified atom stereocenters. The molecule has 6 heteroatoms. The number of carboxylic acid groups (broad SMARTS) is 1. The number of anilines is 2. The van der Waals surface area contributed by atoms with Gasteiger partial charge in [0.05, 0.1) is 4.92 Å². The largest absolute Gasteiger partial charge is 0.477 e. The molecule has 0 heterocycles. The van der Waals surface area contributed by atoms with Crippen LogP contribution < -0.4 is 5.32 Å². The first-order chi connectivity index (χ1) is 9.49. The van der Waals surface area contributed by atoms with Crippen LogP contribution in [0.3, 0.4) is 0 Å². The third kappa shape index (κ3) is 2.74. The van der Waals surface area contributed by atoms with Gasteiger partial charge < -0.3 is 10.4 Å². The van der Waals surface area contributed by atoms with Crippen molar-refractivity contribution in [2.45, 2.75) is 6.92 Å². The van der Waals surface area contributed by atoms with Gasteiger partial charge in [0.25, 0.3) is 5.69 Å². The molecule has 0 radical (unpaired) electrons. The van der Waals surface area contributed by atoms with E-state index in [9.17, 15) is 14.9 Å². The molecule has 0 spiro atoms. The highest BCUT2D eigenvalue weighted by Gasteiger charge is 2.20. The van der Waals surface area contributed by atoms with E-state index < -0.39 is 16.6 Å². The molecule has 0 atom stereocenters. The molecule has 0 aliphatic carbocycles. The Morgan fingerprint density at radius 1 is 1.25 bits per heavy atom. The van der Waals surface area contributed by atoms with Gasteiger partial charge in [0.2, 0.25) is 0 Å². The maximum absolute atomic E-state index is 11.1. The van der Waals surface area contributed by atoms with Gasteiger partial charge in [0.1, 0.15) is 5.56 Å². The maximum atomic E-state index is 11.1. The number of nitro groups is 1. The van der Waals surface area contributed by atoms with Crippen LogP contribution >= 0.6 is 0 Å². The van der Waals surface area contributed by atoms with E-state index in [-0.39, 0.29) is 5.56 Å². The molecule has 20 heavy (non-hydrogen) atoms. The van der Waals surface area contributed by atoms with Gasteiger partial charge in [0.15, 0.2) is 0 Å². The Morgan fingerprint density at radius 3 is 2.55 bits per heavy atom. The lowest BCUT2D eigenvalue weighted by molar-refractivity contribution is -0.385. The van der Waals surface area contributed by atoms with Crippen LogP contribution in [0.5, 0.6) is 0 Å². The zero-order valence-corrected chi connectivity index (χ0v) is 10.7. The molecule has 0 saturated carbocycles. The molecule has 0 amide bonds. The first-order valence-corrected chi connectivity index (χ1v) is 5.83. The van der Waals surface area contributed by atoms with E-state index in [0.29, 0.717) is 5.69 Å². The second-order valence-corrected chi connectivity index (χ2v) is 4.23. The number of nitrogens with zero attached hydrogens (tertiary/aromatic N) is 1. The third-order valence-corrected chi connectivity index (χ3v) is 2.85. The van der Waals surface area contributed by atoms with Crippen molar-refractivity contribution < 1.29 is 14.8 Å². The minimum atomic E-state index is -1.33. The molecule has 0 aliphatic rings. The summed E-state index contributed by atoms with van der Waals surface area (Å²) in [6, 6.07) is 11.4. The summed E-state index contributed by atoms with van der Waals surface area (Å²) in [5, 5.41) is 22.8. The van der Waals surface area contributed by atoms with Crippen LogP contribution in [-0.4, -0.2) is 16.0 Å². The Hall–Kier alpha value is -2.89. The number of aromatic carboxylic acids is 1. The molecule has 2 aromatic carbocycles. The molecular formula is C14H12N2O4. The molecule has 0 aliphatic heterocycles. The Labute approximate surface area is 114 Å². The molecule has 0 bridgehead atoms. The van der Waals surface area contributed by atoms with Crippen LogP contribution in [0.15, 0.2) is 42.5 Å². The van der Waals surface area contributed by atoms with Gasteiger partial charge in [-0.3, -0.25) is 10.1 Å². The molecule has 2 aromatic rings. The minimum Gasteiger partial charge on any atom is -0.477 e. The Kier molecular flexibility index (Phi) is 3.65. The first-order valence-electron chi connectivity index (χ1n) is 5.83. The summed E-state index contributed by atoms with van der Waals surface area (Å²) in [4.78, 5) is 21.1. The summed E-state index contributed by atoms with van der Waals surface area (Å²) in [5.41, 5.74) is 1.53. The zero-order valence-electron chi connectivity index (χ0n) is 10.7. The van der Waals surface area contributed by atoms with Crippen LogP contribution in [0.25, 0.3) is 0 Å². The smallest absolute Gasteiger partial charge is 0.342 e. The second kappa shape index (κ2) is 5.40. The van der Waals surface area contributed by atoms with Crippen molar-refractivity contribution in [3.05, 3.63) is 63.7 Å². The summed E-state index contributed by atoms with van der Waals surface area (Å²) >= 11 is 0. The fourth-order valence-electron chi connectivity index (χ4n) is 1.81. The lowest BCUT2D eigenvalue weighted by Gasteiger charge is -2.10. The normalized spacial score (nSPS) is 10.1. The van der Waals surface area contributed by atoms with Gasteiger partial charge in [-0.25, -0.2) is 4.79 Å². The highest BCUT2D eigenvalue weighted by atomic mass is 16.6. The minimum absolute atomic E-state index is 0.339. The molecule has 102 valence electrons. The quantitative estimate of drug-likeness (QED) is 0.657. The van der Waals surface area contributed by atoms with Crippen LogP contribution in [0.1, 0.15) is 15.9 Å². The van der Waals surface area contributed by atoms with E-state index in [0.717, 1.165) is 11.3 Å². The monoisotopic (exact) mass is 272 g/mol. The number of para-hydroxylation sites is 1. The number of carbonyl (C=O) groups is 1. The second-order valence-electron chi connectivity index (χ2n) is 4.23. The molecule has 0 fully saturated rings. The summed E-state index contributed by atoms with van der Waals surface area (Å²) in [5.74, 6) is -1.33. The topological polar surface area (TPSA) is 92.5 Å². The van der Waals surface area contributed by atoms with Crippen LogP contribution in [0, 0.1) is 17.0 Å².